The molecule has 0 aliphatic carbocycles. The zero-order valence-electron chi connectivity index (χ0n) is 16.4. The zero-order chi connectivity index (χ0) is 20.1. The Morgan fingerprint density at radius 3 is 2.52 bits per heavy atom. The fraction of sp³-hybridized carbons (Fsp3) is 0.318. The fourth-order valence-corrected chi connectivity index (χ4v) is 3.66. The number of rotatable bonds is 6. The molecule has 2 aromatic carbocycles. The molecule has 0 bridgehead atoms. The summed E-state index contributed by atoms with van der Waals surface area (Å²) in [4.78, 5) is 19.0. The van der Waals surface area contributed by atoms with Gasteiger partial charge in [0.2, 0.25) is 5.89 Å². The van der Waals surface area contributed by atoms with Gasteiger partial charge in [0.15, 0.2) is 5.82 Å². The molecule has 3 aromatic rings. The number of hydrogen-bond donors (Lipinski definition) is 2. The van der Waals surface area contributed by atoms with Gasteiger partial charge in [-0.25, -0.2) is 4.79 Å². The molecule has 7 nitrogen and oxygen atoms in total. The van der Waals surface area contributed by atoms with Gasteiger partial charge in [-0.2, -0.15) is 4.98 Å². The summed E-state index contributed by atoms with van der Waals surface area (Å²) < 4.78 is 5.52. The van der Waals surface area contributed by atoms with Crippen molar-refractivity contribution in [3.8, 4) is 0 Å². The van der Waals surface area contributed by atoms with E-state index in [1.807, 2.05) is 67.7 Å². The Morgan fingerprint density at radius 1 is 1.10 bits per heavy atom. The van der Waals surface area contributed by atoms with Crippen LogP contribution in [0.2, 0.25) is 0 Å². The normalized spacial score (nSPS) is 19.2. The number of likely N-dealkylation sites (N-methyl/N-ethyl adjacent to an activating group) is 1. The van der Waals surface area contributed by atoms with Crippen molar-refractivity contribution in [2.75, 3.05) is 13.6 Å². The SMILES string of the molecule is CN1CC(NC(=O)NCc2ccccc2)CC1c1nc(Cc2ccccc2)no1. The Labute approximate surface area is 170 Å². The molecule has 150 valence electrons. The molecule has 2 unspecified atom stereocenters. The van der Waals surface area contributed by atoms with Crippen molar-refractivity contribution in [3.63, 3.8) is 0 Å². The maximum absolute atomic E-state index is 12.2. The van der Waals surface area contributed by atoms with Gasteiger partial charge < -0.3 is 15.2 Å². The quantitative estimate of drug-likeness (QED) is 0.675. The van der Waals surface area contributed by atoms with E-state index in [1.54, 1.807) is 0 Å². The molecule has 1 fully saturated rings. The standard InChI is InChI=1S/C22H25N5O2/c1-27-15-18(24-22(28)23-14-17-10-6-3-7-11-17)13-19(27)21-25-20(26-29-21)12-16-8-4-2-5-9-16/h2-11,18-19H,12-15H2,1H3,(H2,23,24,28). The molecule has 0 spiro atoms. The molecule has 2 N–H and O–H groups in total. The number of nitrogens with one attached hydrogen (secondary N) is 2. The monoisotopic (exact) mass is 391 g/mol. The highest BCUT2D eigenvalue weighted by Gasteiger charge is 2.35. The third-order valence-electron chi connectivity index (χ3n) is 5.15. The lowest BCUT2D eigenvalue weighted by Gasteiger charge is -2.14. The van der Waals surface area contributed by atoms with E-state index in [0.717, 1.165) is 24.1 Å². The Morgan fingerprint density at radius 2 is 1.79 bits per heavy atom. The number of hydrogen-bond acceptors (Lipinski definition) is 5. The molecule has 1 aliphatic heterocycles. The summed E-state index contributed by atoms with van der Waals surface area (Å²) in [5.74, 6) is 1.28. The smallest absolute Gasteiger partial charge is 0.315 e. The van der Waals surface area contributed by atoms with Crippen LogP contribution in [-0.4, -0.2) is 40.7 Å². The van der Waals surface area contributed by atoms with Gasteiger partial charge in [-0.3, -0.25) is 4.90 Å². The van der Waals surface area contributed by atoms with Gasteiger partial charge >= 0.3 is 6.03 Å². The lowest BCUT2D eigenvalue weighted by atomic mass is 10.1. The van der Waals surface area contributed by atoms with Crippen LogP contribution < -0.4 is 10.6 Å². The number of carbonyl (C=O) groups excluding carboxylic acids is 1. The van der Waals surface area contributed by atoms with Gasteiger partial charge in [0.25, 0.3) is 0 Å². The Hall–Kier alpha value is -3.19. The highest BCUT2D eigenvalue weighted by Crippen LogP contribution is 2.29. The molecule has 0 radical (unpaired) electrons. The molecular formula is C22H25N5O2. The van der Waals surface area contributed by atoms with Crippen LogP contribution in [0.4, 0.5) is 4.79 Å². The van der Waals surface area contributed by atoms with Crippen molar-refractivity contribution < 1.29 is 9.32 Å². The van der Waals surface area contributed by atoms with Crippen LogP contribution >= 0.6 is 0 Å². The molecule has 0 saturated carbocycles. The first-order valence-electron chi connectivity index (χ1n) is 9.82. The largest absolute Gasteiger partial charge is 0.338 e. The minimum Gasteiger partial charge on any atom is -0.338 e. The number of urea groups is 1. The second-order valence-corrected chi connectivity index (χ2v) is 7.41. The predicted molar refractivity (Wildman–Crippen MR) is 109 cm³/mol. The van der Waals surface area contributed by atoms with Crippen LogP contribution in [0, 0.1) is 0 Å². The summed E-state index contributed by atoms with van der Waals surface area (Å²) in [5, 5.41) is 10.1. The van der Waals surface area contributed by atoms with Gasteiger partial charge in [0, 0.05) is 25.6 Å². The number of amides is 2. The fourth-order valence-electron chi connectivity index (χ4n) is 3.66. The Kier molecular flexibility index (Phi) is 5.86. The van der Waals surface area contributed by atoms with Gasteiger partial charge in [-0.15, -0.1) is 0 Å². The maximum Gasteiger partial charge on any atom is 0.315 e. The van der Waals surface area contributed by atoms with Crippen LogP contribution in [0.1, 0.15) is 35.3 Å². The van der Waals surface area contributed by atoms with E-state index in [2.05, 4.69) is 25.7 Å². The first-order valence-corrected chi connectivity index (χ1v) is 9.82. The van der Waals surface area contributed by atoms with E-state index in [4.69, 9.17) is 4.52 Å². The van der Waals surface area contributed by atoms with Crippen molar-refractivity contribution in [1.29, 1.82) is 0 Å². The molecule has 29 heavy (non-hydrogen) atoms. The van der Waals surface area contributed by atoms with Gasteiger partial charge in [-0.1, -0.05) is 65.8 Å². The van der Waals surface area contributed by atoms with Crippen molar-refractivity contribution in [2.24, 2.45) is 0 Å². The first kappa shape index (κ1) is 19.1. The van der Waals surface area contributed by atoms with Crippen molar-refractivity contribution in [2.45, 2.75) is 31.5 Å². The van der Waals surface area contributed by atoms with Crippen molar-refractivity contribution >= 4 is 6.03 Å². The summed E-state index contributed by atoms with van der Waals surface area (Å²) >= 11 is 0. The van der Waals surface area contributed by atoms with Gasteiger partial charge in [0.05, 0.1) is 6.04 Å². The molecule has 1 aliphatic rings. The second kappa shape index (κ2) is 8.87. The van der Waals surface area contributed by atoms with E-state index in [9.17, 15) is 4.79 Å². The Balaban J connectivity index is 1.30. The molecule has 2 amide bonds. The summed E-state index contributed by atoms with van der Waals surface area (Å²) in [7, 11) is 2.01. The minimum atomic E-state index is -0.164. The zero-order valence-corrected chi connectivity index (χ0v) is 16.4. The third kappa shape index (κ3) is 5.00. The number of benzene rings is 2. The molecule has 4 rings (SSSR count). The van der Waals surface area contributed by atoms with E-state index in [1.165, 1.54) is 0 Å². The van der Waals surface area contributed by atoms with Crippen LogP contribution in [0.5, 0.6) is 0 Å². The lowest BCUT2D eigenvalue weighted by Crippen LogP contribution is -2.42. The van der Waals surface area contributed by atoms with E-state index in [0.29, 0.717) is 24.7 Å². The predicted octanol–water partition coefficient (Wildman–Crippen LogP) is 2.91. The summed E-state index contributed by atoms with van der Waals surface area (Å²) in [5.41, 5.74) is 2.22. The number of carbonyl (C=O) groups is 1. The second-order valence-electron chi connectivity index (χ2n) is 7.41. The van der Waals surface area contributed by atoms with Crippen molar-refractivity contribution in [3.05, 3.63) is 83.5 Å². The topological polar surface area (TPSA) is 83.3 Å². The molecule has 1 saturated heterocycles. The first-order chi connectivity index (χ1) is 14.2. The van der Waals surface area contributed by atoms with E-state index < -0.39 is 0 Å². The minimum absolute atomic E-state index is 0.00597. The highest BCUT2D eigenvalue weighted by atomic mass is 16.5. The Bertz CT molecular complexity index is 929. The molecule has 7 heteroatoms. The molecular weight excluding hydrogens is 366 g/mol. The number of likely N-dealkylation sites (tertiary alicyclic amines) is 1. The van der Waals surface area contributed by atoms with Crippen LogP contribution in [-0.2, 0) is 13.0 Å². The average molecular weight is 391 g/mol. The molecule has 2 atom stereocenters. The van der Waals surface area contributed by atoms with E-state index in [-0.39, 0.29) is 18.1 Å². The maximum atomic E-state index is 12.2. The number of aromatic nitrogens is 2. The lowest BCUT2D eigenvalue weighted by molar-refractivity contribution is 0.236. The van der Waals surface area contributed by atoms with Crippen molar-refractivity contribution in [1.82, 2.24) is 25.7 Å². The average Bonchev–Trinajstić information content (AvgIpc) is 3.34. The summed E-state index contributed by atoms with van der Waals surface area (Å²) in [6, 6.07) is 19.8. The molecule has 2 heterocycles. The highest BCUT2D eigenvalue weighted by molar-refractivity contribution is 5.74. The van der Waals surface area contributed by atoms with Crippen LogP contribution in [0.15, 0.2) is 65.2 Å². The van der Waals surface area contributed by atoms with Gasteiger partial charge in [-0.05, 0) is 24.6 Å². The summed E-state index contributed by atoms with van der Waals surface area (Å²) in [6.07, 6.45) is 1.38. The molecule has 1 aromatic heterocycles. The van der Waals surface area contributed by atoms with Crippen LogP contribution in [0.25, 0.3) is 0 Å². The number of nitrogens with zero attached hydrogens (tertiary/aromatic N) is 3. The van der Waals surface area contributed by atoms with E-state index >= 15 is 0 Å². The van der Waals surface area contributed by atoms with Gasteiger partial charge in [0.1, 0.15) is 0 Å². The van der Waals surface area contributed by atoms with Crippen LogP contribution in [0.3, 0.4) is 0 Å². The third-order valence-corrected chi connectivity index (χ3v) is 5.15. The summed E-state index contributed by atoms with van der Waals surface area (Å²) in [6.45, 7) is 1.24.